The number of benzene rings is 1. The molecule has 0 aromatic heterocycles. The fraction of sp³-hybridized carbons (Fsp3) is 0.267. The highest BCUT2D eigenvalue weighted by Crippen LogP contribution is 2.24. The van der Waals surface area contributed by atoms with Gasteiger partial charge in [-0.05, 0) is 42.5 Å². The molecule has 0 spiro atoms. The maximum Gasteiger partial charge on any atom is 0.251 e. The monoisotopic (exact) mass is 225 g/mol. The molecular weight excluding hydrogens is 210 g/mol. The molecule has 1 saturated carbocycles. The molecule has 0 radical (unpaired) electrons. The summed E-state index contributed by atoms with van der Waals surface area (Å²) in [5.41, 5.74) is 3.28. The van der Waals surface area contributed by atoms with Crippen molar-refractivity contribution in [1.82, 2.24) is 5.32 Å². The number of nitrogens with one attached hydrogen (secondary N) is 1. The predicted molar refractivity (Wildman–Crippen MR) is 68.7 cm³/mol. The quantitative estimate of drug-likeness (QED) is 0.842. The molecule has 1 fully saturated rings. The highest BCUT2D eigenvalue weighted by Gasteiger charge is 2.23. The Morgan fingerprint density at radius 2 is 1.94 bits per heavy atom. The summed E-state index contributed by atoms with van der Waals surface area (Å²) in [7, 11) is 0. The van der Waals surface area contributed by atoms with E-state index in [1.807, 2.05) is 24.3 Å². The van der Waals surface area contributed by atoms with Crippen molar-refractivity contribution in [3.8, 4) is 0 Å². The molecule has 0 aliphatic heterocycles. The smallest absolute Gasteiger partial charge is 0.251 e. The lowest BCUT2D eigenvalue weighted by molar-refractivity contribution is 0.0951. The van der Waals surface area contributed by atoms with Crippen molar-refractivity contribution in [1.29, 1.82) is 0 Å². The van der Waals surface area contributed by atoms with Crippen LogP contribution in [0.3, 0.4) is 0 Å². The van der Waals surface area contributed by atoms with E-state index in [0.717, 1.165) is 24.8 Å². The van der Waals surface area contributed by atoms with Crippen LogP contribution in [-0.2, 0) is 0 Å². The first-order chi connectivity index (χ1) is 8.33. The summed E-state index contributed by atoms with van der Waals surface area (Å²) >= 11 is 0. The molecule has 1 aromatic carbocycles. The van der Waals surface area contributed by atoms with Crippen molar-refractivity contribution in [2.45, 2.75) is 25.3 Å². The van der Waals surface area contributed by atoms with E-state index in [1.165, 1.54) is 11.1 Å². The van der Waals surface area contributed by atoms with Gasteiger partial charge in [-0.1, -0.05) is 30.4 Å². The molecule has 2 heteroatoms. The van der Waals surface area contributed by atoms with E-state index in [1.54, 1.807) is 0 Å². The largest absolute Gasteiger partial charge is 0.349 e. The summed E-state index contributed by atoms with van der Waals surface area (Å²) in [6.07, 6.45) is 9.59. The third kappa shape index (κ3) is 2.31. The maximum atomic E-state index is 11.8. The van der Waals surface area contributed by atoms with Gasteiger partial charge in [-0.3, -0.25) is 4.79 Å². The average Bonchev–Trinajstić information content (AvgIpc) is 3.00. The van der Waals surface area contributed by atoms with Gasteiger partial charge in [-0.2, -0.15) is 0 Å². The van der Waals surface area contributed by atoms with Crippen molar-refractivity contribution in [3.05, 3.63) is 53.6 Å². The number of rotatable bonds is 3. The number of carbonyl (C=O) groups excluding carboxylic acids is 1. The zero-order valence-corrected chi connectivity index (χ0v) is 9.65. The van der Waals surface area contributed by atoms with Crippen LogP contribution in [0.15, 0.2) is 42.5 Å². The van der Waals surface area contributed by atoms with Gasteiger partial charge in [0.05, 0.1) is 0 Å². The van der Waals surface area contributed by atoms with Gasteiger partial charge < -0.3 is 5.32 Å². The molecule has 86 valence electrons. The highest BCUT2D eigenvalue weighted by molar-refractivity contribution is 5.95. The Morgan fingerprint density at radius 1 is 1.18 bits per heavy atom. The van der Waals surface area contributed by atoms with Crippen LogP contribution in [0.2, 0.25) is 0 Å². The molecule has 0 saturated heterocycles. The number of carbonyl (C=O) groups is 1. The maximum absolute atomic E-state index is 11.8. The lowest BCUT2D eigenvalue weighted by atomic mass is 10.0. The molecule has 0 unspecified atom stereocenters. The first kappa shape index (κ1) is 10.3. The number of hydrogen-bond donors (Lipinski definition) is 1. The van der Waals surface area contributed by atoms with Gasteiger partial charge in [0.2, 0.25) is 0 Å². The second-order valence-electron chi connectivity index (χ2n) is 4.65. The lowest BCUT2D eigenvalue weighted by Gasteiger charge is -2.05. The first-order valence-electron chi connectivity index (χ1n) is 6.10. The summed E-state index contributed by atoms with van der Waals surface area (Å²) < 4.78 is 0. The lowest BCUT2D eigenvalue weighted by Crippen LogP contribution is -2.25. The molecule has 0 heterocycles. The minimum atomic E-state index is 0.0533. The molecule has 0 bridgehead atoms. The molecule has 1 aromatic rings. The summed E-state index contributed by atoms with van der Waals surface area (Å²) in [4.78, 5) is 11.8. The van der Waals surface area contributed by atoms with Gasteiger partial charge in [0.25, 0.3) is 5.91 Å². The molecule has 2 nitrogen and oxygen atoms in total. The van der Waals surface area contributed by atoms with E-state index in [0.29, 0.717) is 6.04 Å². The SMILES string of the molecule is O=C(NC1CC1)c1ccc(C2=CC=CC2)cc1. The third-order valence-electron chi connectivity index (χ3n) is 3.20. The van der Waals surface area contributed by atoms with Crippen LogP contribution in [0.25, 0.3) is 5.57 Å². The fourth-order valence-electron chi connectivity index (χ4n) is 1.99. The van der Waals surface area contributed by atoms with Gasteiger partial charge in [-0.15, -0.1) is 0 Å². The van der Waals surface area contributed by atoms with Crippen LogP contribution < -0.4 is 5.32 Å². The Labute approximate surface area is 101 Å². The topological polar surface area (TPSA) is 29.1 Å². The molecule has 2 aliphatic carbocycles. The van der Waals surface area contributed by atoms with E-state index in [2.05, 4.69) is 23.5 Å². The van der Waals surface area contributed by atoms with Crippen molar-refractivity contribution >= 4 is 11.5 Å². The first-order valence-corrected chi connectivity index (χ1v) is 6.10. The molecule has 1 N–H and O–H groups in total. The van der Waals surface area contributed by atoms with Gasteiger partial charge in [0, 0.05) is 11.6 Å². The second-order valence-corrected chi connectivity index (χ2v) is 4.65. The fourth-order valence-corrected chi connectivity index (χ4v) is 1.99. The Kier molecular flexibility index (Phi) is 2.56. The minimum Gasteiger partial charge on any atom is -0.349 e. The van der Waals surface area contributed by atoms with E-state index >= 15 is 0 Å². The Morgan fingerprint density at radius 3 is 2.53 bits per heavy atom. The normalized spacial score (nSPS) is 18.0. The third-order valence-corrected chi connectivity index (χ3v) is 3.20. The van der Waals surface area contributed by atoms with Crippen LogP contribution in [0, 0.1) is 0 Å². The molecule has 2 aliphatic rings. The van der Waals surface area contributed by atoms with Crippen molar-refractivity contribution in [3.63, 3.8) is 0 Å². The van der Waals surface area contributed by atoms with Crippen LogP contribution in [0.5, 0.6) is 0 Å². The van der Waals surface area contributed by atoms with Crippen molar-refractivity contribution in [2.24, 2.45) is 0 Å². The zero-order chi connectivity index (χ0) is 11.7. The van der Waals surface area contributed by atoms with Gasteiger partial charge >= 0.3 is 0 Å². The van der Waals surface area contributed by atoms with E-state index in [4.69, 9.17) is 0 Å². The van der Waals surface area contributed by atoms with Gasteiger partial charge in [0.1, 0.15) is 0 Å². The number of amides is 1. The number of hydrogen-bond acceptors (Lipinski definition) is 1. The summed E-state index contributed by atoms with van der Waals surface area (Å²) in [5.74, 6) is 0.0533. The van der Waals surface area contributed by atoms with Gasteiger partial charge in [0.15, 0.2) is 0 Å². The Hall–Kier alpha value is -1.83. The van der Waals surface area contributed by atoms with Crippen LogP contribution in [0.4, 0.5) is 0 Å². The molecule has 3 rings (SSSR count). The average molecular weight is 225 g/mol. The number of allylic oxidation sites excluding steroid dienone is 4. The molecule has 17 heavy (non-hydrogen) atoms. The van der Waals surface area contributed by atoms with E-state index in [9.17, 15) is 4.79 Å². The van der Waals surface area contributed by atoms with Gasteiger partial charge in [-0.25, -0.2) is 0 Å². The van der Waals surface area contributed by atoms with Crippen LogP contribution in [-0.4, -0.2) is 11.9 Å². The molecular formula is C15H15NO. The minimum absolute atomic E-state index is 0.0533. The predicted octanol–water partition coefficient (Wildman–Crippen LogP) is 2.92. The summed E-state index contributed by atoms with van der Waals surface area (Å²) in [5, 5.41) is 2.99. The van der Waals surface area contributed by atoms with Crippen molar-refractivity contribution < 1.29 is 4.79 Å². The molecule has 1 amide bonds. The summed E-state index contributed by atoms with van der Waals surface area (Å²) in [6, 6.07) is 8.29. The molecule has 0 atom stereocenters. The van der Waals surface area contributed by atoms with Crippen molar-refractivity contribution in [2.75, 3.05) is 0 Å². The highest BCUT2D eigenvalue weighted by atomic mass is 16.1. The standard InChI is InChI=1S/C15H15NO/c17-15(16-14-9-10-14)13-7-5-12(6-8-13)11-3-1-2-4-11/h1-3,5-8,14H,4,9-10H2,(H,16,17). The van der Waals surface area contributed by atoms with Crippen LogP contribution in [0.1, 0.15) is 35.2 Å². The summed E-state index contributed by atoms with van der Waals surface area (Å²) in [6.45, 7) is 0. The second kappa shape index (κ2) is 4.21. The Bertz CT molecular complexity index is 492. The zero-order valence-electron chi connectivity index (χ0n) is 9.65. The Balaban J connectivity index is 1.72. The van der Waals surface area contributed by atoms with E-state index in [-0.39, 0.29) is 5.91 Å². The van der Waals surface area contributed by atoms with E-state index < -0.39 is 0 Å². The van der Waals surface area contributed by atoms with Crippen LogP contribution >= 0.6 is 0 Å².